The number of benzene rings is 1. The van der Waals surface area contributed by atoms with E-state index in [2.05, 4.69) is 23.9 Å². The largest absolute Gasteiger partial charge is 0.573 e. The highest BCUT2D eigenvalue weighted by Gasteiger charge is 2.32. The molecule has 20 heavy (non-hydrogen) atoms. The molecule has 0 bridgehead atoms. The third kappa shape index (κ3) is 6.28. The Balaban J connectivity index is 2.61. The molecule has 0 aromatic heterocycles. The highest BCUT2D eigenvalue weighted by Crippen LogP contribution is 2.32. The zero-order valence-electron chi connectivity index (χ0n) is 12.1. The van der Waals surface area contributed by atoms with Gasteiger partial charge in [0.25, 0.3) is 0 Å². The third-order valence-electron chi connectivity index (χ3n) is 2.98. The fourth-order valence-corrected chi connectivity index (χ4v) is 1.97. The van der Waals surface area contributed by atoms with Gasteiger partial charge in [0, 0.05) is 0 Å². The van der Waals surface area contributed by atoms with Gasteiger partial charge in [-0.15, -0.1) is 13.2 Å². The van der Waals surface area contributed by atoms with Crippen molar-refractivity contribution in [3.05, 3.63) is 29.8 Å². The molecule has 1 aromatic carbocycles. The summed E-state index contributed by atoms with van der Waals surface area (Å²) < 4.78 is 41.1. The number of alkyl halides is 3. The van der Waals surface area contributed by atoms with E-state index in [-0.39, 0.29) is 11.7 Å². The molecule has 1 unspecified atom stereocenters. The lowest BCUT2D eigenvalue weighted by Gasteiger charge is -2.18. The molecule has 0 aliphatic carbocycles. The predicted molar refractivity (Wildman–Crippen MR) is 73.9 cm³/mol. The molecule has 1 atom stereocenters. The predicted octanol–water partition coefficient (Wildman–Crippen LogP) is 4.32. The van der Waals surface area contributed by atoms with Crippen molar-refractivity contribution in [3.63, 3.8) is 0 Å². The first-order valence-electron chi connectivity index (χ1n) is 6.85. The summed E-state index contributed by atoms with van der Waals surface area (Å²) in [5, 5.41) is 3.29. The van der Waals surface area contributed by atoms with Crippen LogP contribution >= 0.6 is 0 Å². The van der Waals surface area contributed by atoms with E-state index >= 15 is 0 Å². The van der Waals surface area contributed by atoms with Crippen molar-refractivity contribution in [2.75, 3.05) is 13.1 Å². The second kappa shape index (κ2) is 7.53. The number of rotatable bonds is 7. The monoisotopic (exact) mass is 289 g/mol. The normalized spacial score (nSPS) is 13.6. The molecule has 0 aliphatic heterocycles. The van der Waals surface area contributed by atoms with E-state index in [1.165, 1.54) is 6.07 Å². The van der Waals surface area contributed by atoms with Crippen molar-refractivity contribution >= 4 is 0 Å². The van der Waals surface area contributed by atoms with E-state index < -0.39 is 6.36 Å². The van der Waals surface area contributed by atoms with Gasteiger partial charge in [-0.05, 0) is 43.0 Å². The molecular formula is C15H22F3NO. The lowest BCUT2D eigenvalue weighted by molar-refractivity contribution is -0.275. The molecular weight excluding hydrogens is 267 g/mol. The maximum absolute atomic E-state index is 12.3. The van der Waals surface area contributed by atoms with Gasteiger partial charge in [0.15, 0.2) is 0 Å². The van der Waals surface area contributed by atoms with Crippen LogP contribution in [0.5, 0.6) is 5.75 Å². The van der Waals surface area contributed by atoms with Gasteiger partial charge in [-0.2, -0.15) is 0 Å². The van der Waals surface area contributed by atoms with Gasteiger partial charge in [-0.1, -0.05) is 39.0 Å². The molecule has 0 aliphatic rings. The minimum Gasteiger partial charge on any atom is -0.405 e. The van der Waals surface area contributed by atoms with Crippen LogP contribution in [-0.4, -0.2) is 19.5 Å². The summed E-state index contributed by atoms with van der Waals surface area (Å²) in [5.74, 6) is 0.468. The standard InChI is InChI=1S/C15H22F3NO/c1-11(2)10-19-9-8-12(3)13-6-4-5-7-14(13)20-15(16,17)18/h4-7,11-12,19H,8-10H2,1-3H3. The molecule has 1 aromatic rings. The van der Waals surface area contributed by atoms with Gasteiger partial charge in [0.2, 0.25) is 0 Å². The Kier molecular flexibility index (Phi) is 6.33. The fourth-order valence-electron chi connectivity index (χ4n) is 1.97. The molecule has 0 saturated heterocycles. The van der Waals surface area contributed by atoms with Gasteiger partial charge in [0.05, 0.1) is 0 Å². The van der Waals surface area contributed by atoms with Crippen molar-refractivity contribution in [1.82, 2.24) is 5.32 Å². The highest BCUT2D eigenvalue weighted by molar-refractivity contribution is 5.36. The minimum absolute atomic E-state index is 0.00760. The summed E-state index contributed by atoms with van der Waals surface area (Å²) in [6.45, 7) is 7.83. The van der Waals surface area contributed by atoms with Crippen LogP contribution < -0.4 is 10.1 Å². The van der Waals surface area contributed by atoms with Crippen LogP contribution in [-0.2, 0) is 0 Å². The molecule has 0 fully saturated rings. The molecule has 0 spiro atoms. The summed E-state index contributed by atoms with van der Waals surface area (Å²) >= 11 is 0. The molecule has 0 radical (unpaired) electrons. The Morgan fingerprint density at radius 1 is 1.15 bits per heavy atom. The number of hydrogen-bond acceptors (Lipinski definition) is 2. The van der Waals surface area contributed by atoms with Crippen molar-refractivity contribution in [2.45, 2.75) is 39.5 Å². The Hall–Kier alpha value is -1.23. The van der Waals surface area contributed by atoms with Crippen molar-refractivity contribution in [2.24, 2.45) is 5.92 Å². The summed E-state index contributed by atoms with van der Waals surface area (Å²) in [6, 6.07) is 6.33. The van der Waals surface area contributed by atoms with E-state index in [1.54, 1.807) is 18.2 Å². The van der Waals surface area contributed by atoms with E-state index in [4.69, 9.17) is 0 Å². The van der Waals surface area contributed by atoms with E-state index in [0.29, 0.717) is 11.5 Å². The Morgan fingerprint density at radius 3 is 2.40 bits per heavy atom. The van der Waals surface area contributed by atoms with Crippen molar-refractivity contribution in [3.8, 4) is 5.75 Å². The topological polar surface area (TPSA) is 21.3 Å². The molecule has 0 heterocycles. The van der Waals surface area contributed by atoms with Gasteiger partial charge >= 0.3 is 6.36 Å². The quantitative estimate of drug-likeness (QED) is 0.755. The van der Waals surface area contributed by atoms with Gasteiger partial charge in [0.1, 0.15) is 5.75 Å². The first kappa shape index (κ1) is 16.8. The molecule has 5 heteroatoms. The summed E-state index contributed by atoms with van der Waals surface area (Å²) in [5.41, 5.74) is 0.594. The molecule has 0 amide bonds. The van der Waals surface area contributed by atoms with Crippen molar-refractivity contribution in [1.29, 1.82) is 0 Å². The number of ether oxygens (including phenoxy) is 1. The molecule has 114 valence electrons. The van der Waals surface area contributed by atoms with Crippen molar-refractivity contribution < 1.29 is 17.9 Å². The average Bonchev–Trinajstić information content (AvgIpc) is 2.33. The number of nitrogens with one attached hydrogen (secondary N) is 1. The summed E-state index contributed by atoms with van der Waals surface area (Å²) in [6.07, 6.45) is -3.88. The lowest BCUT2D eigenvalue weighted by Crippen LogP contribution is -2.22. The zero-order valence-corrected chi connectivity index (χ0v) is 12.1. The number of halogens is 3. The molecule has 1 rings (SSSR count). The summed E-state index contributed by atoms with van der Waals surface area (Å²) in [7, 11) is 0. The van der Waals surface area contributed by atoms with Gasteiger partial charge in [-0.3, -0.25) is 0 Å². The number of hydrogen-bond donors (Lipinski definition) is 1. The van der Waals surface area contributed by atoms with Crippen LogP contribution in [0.25, 0.3) is 0 Å². The first-order valence-corrected chi connectivity index (χ1v) is 6.85. The molecule has 2 nitrogen and oxygen atoms in total. The van der Waals surface area contributed by atoms with E-state index in [9.17, 15) is 13.2 Å². The van der Waals surface area contributed by atoms with Gasteiger partial charge in [-0.25, -0.2) is 0 Å². The highest BCUT2D eigenvalue weighted by atomic mass is 19.4. The lowest BCUT2D eigenvalue weighted by atomic mass is 9.97. The van der Waals surface area contributed by atoms with E-state index in [0.717, 1.165) is 19.5 Å². The zero-order chi connectivity index (χ0) is 15.2. The average molecular weight is 289 g/mol. The smallest absolute Gasteiger partial charge is 0.405 e. The maximum Gasteiger partial charge on any atom is 0.573 e. The Labute approximate surface area is 118 Å². The molecule has 0 saturated carbocycles. The second-order valence-electron chi connectivity index (χ2n) is 5.37. The van der Waals surface area contributed by atoms with Crippen LogP contribution in [0, 0.1) is 5.92 Å². The van der Waals surface area contributed by atoms with Gasteiger partial charge < -0.3 is 10.1 Å². The van der Waals surface area contributed by atoms with Crippen LogP contribution in [0.3, 0.4) is 0 Å². The number of para-hydroxylation sites is 1. The second-order valence-corrected chi connectivity index (χ2v) is 5.37. The third-order valence-corrected chi connectivity index (χ3v) is 2.98. The fraction of sp³-hybridized carbons (Fsp3) is 0.600. The molecule has 1 N–H and O–H groups in total. The van der Waals surface area contributed by atoms with Crippen LogP contribution in [0.1, 0.15) is 38.7 Å². The minimum atomic E-state index is -4.65. The van der Waals surface area contributed by atoms with Crippen LogP contribution in [0.2, 0.25) is 0 Å². The van der Waals surface area contributed by atoms with Crippen LogP contribution in [0.4, 0.5) is 13.2 Å². The van der Waals surface area contributed by atoms with E-state index in [1.807, 2.05) is 6.92 Å². The SMILES string of the molecule is CC(C)CNCCC(C)c1ccccc1OC(F)(F)F. The Morgan fingerprint density at radius 2 is 1.80 bits per heavy atom. The summed E-state index contributed by atoms with van der Waals surface area (Å²) in [4.78, 5) is 0. The van der Waals surface area contributed by atoms with Crippen LogP contribution in [0.15, 0.2) is 24.3 Å². The first-order chi connectivity index (χ1) is 9.29. The Bertz CT molecular complexity index is 404. The maximum atomic E-state index is 12.3.